The van der Waals surface area contributed by atoms with Crippen LogP contribution in [0.4, 0.5) is 0 Å². The van der Waals surface area contributed by atoms with Gasteiger partial charge in [-0.2, -0.15) is 0 Å². The Morgan fingerprint density at radius 3 is 2.95 bits per heavy atom. The number of nitrogens with zero attached hydrogens (tertiary/aromatic N) is 1. The molecule has 1 aliphatic carbocycles. The van der Waals surface area contributed by atoms with E-state index in [4.69, 9.17) is 14.5 Å². The summed E-state index contributed by atoms with van der Waals surface area (Å²) in [5, 5.41) is 1.20. The topological polar surface area (TPSA) is 48.4 Å². The molecule has 0 bridgehead atoms. The molecule has 20 heavy (non-hydrogen) atoms. The summed E-state index contributed by atoms with van der Waals surface area (Å²) < 4.78 is 10.6. The van der Waals surface area contributed by atoms with Crippen LogP contribution in [-0.2, 0) is 20.7 Å². The molecular weight excluding hydrogens is 274 g/mol. The minimum atomic E-state index is -0.136. The molecule has 0 N–H and O–H groups in total. The SMILES string of the molecule is CCOC(=O)C1CCCc2sc(C3CCOCC3)nc21. The summed E-state index contributed by atoms with van der Waals surface area (Å²) in [6.45, 7) is 3.96. The molecular formula is C15H21NO3S. The van der Waals surface area contributed by atoms with Crippen molar-refractivity contribution in [3.05, 3.63) is 15.6 Å². The van der Waals surface area contributed by atoms with Crippen LogP contribution in [0, 0.1) is 0 Å². The molecule has 3 rings (SSSR count). The van der Waals surface area contributed by atoms with E-state index in [0.29, 0.717) is 12.5 Å². The van der Waals surface area contributed by atoms with E-state index in [9.17, 15) is 4.79 Å². The first kappa shape index (κ1) is 14.0. The third-order valence-corrected chi connectivity index (χ3v) is 5.41. The summed E-state index contributed by atoms with van der Waals surface area (Å²) in [6, 6.07) is 0. The number of hydrogen-bond acceptors (Lipinski definition) is 5. The number of ether oxygens (including phenoxy) is 2. The van der Waals surface area contributed by atoms with Crippen molar-refractivity contribution in [1.82, 2.24) is 4.98 Å². The van der Waals surface area contributed by atoms with Crippen LogP contribution in [0.2, 0.25) is 0 Å². The Bertz CT molecular complexity index is 479. The van der Waals surface area contributed by atoms with E-state index < -0.39 is 0 Å². The van der Waals surface area contributed by atoms with E-state index in [1.54, 1.807) is 11.3 Å². The number of esters is 1. The fourth-order valence-corrected chi connectivity index (χ4v) is 4.37. The van der Waals surface area contributed by atoms with Crippen molar-refractivity contribution in [3.8, 4) is 0 Å². The second-order valence-electron chi connectivity index (χ2n) is 5.44. The maximum Gasteiger partial charge on any atom is 0.315 e. The number of hydrogen-bond donors (Lipinski definition) is 0. The van der Waals surface area contributed by atoms with Crippen LogP contribution in [0.1, 0.15) is 60.0 Å². The largest absolute Gasteiger partial charge is 0.465 e. The number of rotatable bonds is 3. The number of carbonyl (C=O) groups excluding carboxylic acids is 1. The summed E-state index contributed by atoms with van der Waals surface area (Å²) in [5.74, 6) is 0.281. The Balaban J connectivity index is 1.82. The van der Waals surface area contributed by atoms with Crippen LogP contribution >= 0.6 is 11.3 Å². The van der Waals surface area contributed by atoms with Gasteiger partial charge in [-0.3, -0.25) is 4.79 Å². The van der Waals surface area contributed by atoms with Gasteiger partial charge in [0, 0.05) is 24.0 Å². The molecule has 0 spiro atoms. The molecule has 110 valence electrons. The molecule has 2 aliphatic rings. The monoisotopic (exact) mass is 295 g/mol. The predicted octanol–water partition coefficient (Wildman–Crippen LogP) is 3.02. The molecule has 0 amide bonds. The Morgan fingerprint density at radius 1 is 1.40 bits per heavy atom. The molecule has 1 saturated heterocycles. The van der Waals surface area contributed by atoms with Crippen LogP contribution in [0.5, 0.6) is 0 Å². The molecule has 0 radical (unpaired) electrons. The lowest BCUT2D eigenvalue weighted by Crippen LogP contribution is -2.20. The van der Waals surface area contributed by atoms with Gasteiger partial charge in [-0.1, -0.05) is 0 Å². The van der Waals surface area contributed by atoms with E-state index in [2.05, 4.69) is 0 Å². The van der Waals surface area contributed by atoms with Crippen LogP contribution in [0.25, 0.3) is 0 Å². The summed E-state index contributed by atoms with van der Waals surface area (Å²) >= 11 is 1.81. The van der Waals surface area contributed by atoms with Crippen molar-refractivity contribution in [2.45, 2.75) is 50.9 Å². The highest BCUT2D eigenvalue weighted by atomic mass is 32.1. The average Bonchev–Trinajstić information content (AvgIpc) is 2.92. The smallest absolute Gasteiger partial charge is 0.315 e. The van der Waals surface area contributed by atoms with Crippen molar-refractivity contribution in [1.29, 1.82) is 0 Å². The molecule has 1 unspecified atom stereocenters. The van der Waals surface area contributed by atoms with Gasteiger partial charge in [-0.25, -0.2) is 4.98 Å². The van der Waals surface area contributed by atoms with Gasteiger partial charge >= 0.3 is 5.97 Å². The average molecular weight is 295 g/mol. The van der Waals surface area contributed by atoms with Gasteiger partial charge < -0.3 is 9.47 Å². The first-order valence-corrected chi connectivity index (χ1v) is 8.35. The van der Waals surface area contributed by atoms with Crippen molar-refractivity contribution in [3.63, 3.8) is 0 Å². The summed E-state index contributed by atoms with van der Waals surface area (Å²) in [6.07, 6.45) is 5.10. The Hall–Kier alpha value is -0.940. The fourth-order valence-electron chi connectivity index (χ4n) is 3.03. The normalized spacial score (nSPS) is 23.4. The van der Waals surface area contributed by atoms with E-state index >= 15 is 0 Å². The zero-order valence-electron chi connectivity index (χ0n) is 11.9. The highest BCUT2D eigenvalue weighted by Gasteiger charge is 2.32. The third kappa shape index (κ3) is 2.74. The number of aryl methyl sites for hydroxylation is 1. The quantitative estimate of drug-likeness (QED) is 0.804. The molecule has 1 aromatic rings. The molecule has 1 atom stereocenters. The lowest BCUT2D eigenvalue weighted by molar-refractivity contribution is -0.145. The minimum Gasteiger partial charge on any atom is -0.465 e. The Labute approximate surface area is 123 Å². The first-order chi connectivity index (χ1) is 9.79. The van der Waals surface area contributed by atoms with Crippen molar-refractivity contribution in [2.75, 3.05) is 19.8 Å². The van der Waals surface area contributed by atoms with Crippen LogP contribution in [-0.4, -0.2) is 30.8 Å². The lowest BCUT2D eigenvalue weighted by atomic mass is 9.91. The predicted molar refractivity (Wildman–Crippen MR) is 77.2 cm³/mol. The number of carbonyl (C=O) groups is 1. The molecule has 0 aromatic carbocycles. The molecule has 0 saturated carbocycles. The molecule has 4 nitrogen and oxygen atoms in total. The van der Waals surface area contributed by atoms with E-state index in [-0.39, 0.29) is 11.9 Å². The van der Waals surface area contributed by atoms with E-state index in [0.717, 1.165) is 51.0 Å². The van der Waals surface area contributed by atoms with E-state index in [1.807, 2.05) is 6.92 Å². The summed E-state index contributed by atoms with van der Waals surface area (Å²) in [7, 11) is 0. The van der Waals surface area contributed by atoms with Gasteiger partial charge in [0.05, 0.1) is 17.3 Å². The zero-order valence-corrected chi connectivity index (χ0v) is 12.7. The number of thiazole rings is 1. The standard InChI is InChI=1S/C15H21NO3S/c1-2-19-15(17)11-4-3-5-12-13(11)16-14(20-12)10-6-8-18-9-7-10/h10-11H,2-9H2,1H3. The van der Waals surface area contributed by atoms with Gasteiger partial charge in [0.15, 0.2) is 0 Å². The Morgan fingerprint density at radius 2 is 2.20 bits per heavy atom. The molecule has 2 heterocycles. The van der Waals surface area contributed by atoms with Crippen LogP contribution in [0.15, 0.2) is 0 Å². The van der Waals surface area contributed by atoms with E-state index in [1.165, 1.54) is 9.88 Å². The number of aromatic nitrogens is 1. The minimum absolute atomic E-state index is 0.0997. The maximum atomic E-state index is 12.1. The van der Waals surface area contributed by atoms with Gasteiger partial charge in [0.25, 0.3) is 0 Å². The maximum absolute atomic E-state index is 12.1. The van der Waals surface area contributed by atoms with Gasteiger partial charge in [-0.15, -0.1) is 11.3 Å². The summed E-state index contributed by atoms with van der Waals surface area (Å²) in [5.41, 5.74) is 1.00. The van der Waals surface area contributed by atoms with Crippen LogP contribution < -0.4 is 0 Å². The molecule has 1 aliphatic heterocycles. The molecule has 5 heteroatoms. The number of fused-ring (bicyclic) bond motifs is 1. The van der Waals surface area contributed by atoms with Crippen molar-refractivity contribution < 1.29 is 14.3 Å². The van der Waals surface area contributed by atoms with Crippen LogP contribution in [0.3, 0.4) is 0 Å². The van der Waals surface area contributed by atoms with Gasteiger partial charge in [0.1, 0.15) is 5.92 Å². The lowest BCUT2D eigenvalue weighted by Gasteiger charge is -2.20. The summed E-state index contributed by atoms with van der Waals surface area (Å²) in [4.78, 5) is 18.2. The van der Waals surface area contributed by atoms with Crippen molar-refractivity contribution in [2.24, 2.45) is 0 Å². The van der Waals surface area contributed by atoms with Gasteiger partial charge in [-0.05, 0) is 39.0 Å². The Kier molecular flexibility index (Phi) is 4.36. The molecule has 1 fully saturated rings. The second-order valence-corrected chi connectivity index (χ2v) is 6.56. The second kappa shape index (κ2) is 6.22. The third-order valence-electron chi connectivity index (χ3n) is 4.11. The fraction of sp³-hybridized carbons (Fsp3) is 0.733. The first-order valence-electron chi connectivity index (χ1n) is 7.53. The molecule has 1 aromatic heterocycles. The zero-order chi connectivity index (χ0) is 13.9. The van der Waals surface area contributed by atoms with Gasteiger partial charge in [0.2, 0.25) is 0 Å². The highest BCUT2D eigenvalue weighted by Crippen LogP contribution is 2.39. The highest BCUT2D eigenvalue weighted by molar-refractivity contribution is 7.11. The van der Waals surface area contributed by atoms with Crippen molar-refractivity contribution >= 4 is 17.3 Å².